The van der Waals surface area contributed by atoms with Crippen LogP contribution in [0.1, 0.15) is 19.1 Å². The highest BCUT2D eigenvalue weighted by Crippen LogP contribution is 2.31. The minimum atomic E-state index is -0.379. The third kappa shape index (κ3) is 5.57. The van der Waals surface area contributed by atoms with Crippen LogP contribution in [0.4, 0.5) is 5.95 Å². The Morgan fingerprint density at radius 3 is 2.47 bits per heavy atom. The largest absolute Gasteiger partial charge is 0.493 e. The van der Waals surface area contributed by atoms with Crippen molar-refractivity contribution in [3.8, 4) is 28.4 Å². The van der Waals surface area contributed by atoms with E-state index in [1.54, 1.807) is 50.0 Å². The number of furan rings is 1. The molecule has 9 nitrogen and oxygen atoms in total. The van der Waals surface area contributed by atoms with E-state index in [1.807, 2.05) is 42.6 Å². The van der Waals surface area contributed by atoms with E-state index in [0.717, 1.165) is 11.3 Å². The van der Waals surface area contributed by atoms with Gasteiger partial charge in [-0.05, 0) is 24.3 Å². The average Bonchev–Trinajstić information content (AvgIpc) is 3.58. The van der Waals surface area contributed by atoms with Gasteiger partial charge in [0, 0.05) is 24.2 Å². The van der Waals surface area contributed by atoms with Gasteiger partial charge < -0.3 is 18.8 Å². The van der Waals surface area contributed by atoms with Crippen molar-refractivity contribution in [3.05, 3.63) is 78.9 Å². The van der Waals surface area contributed by atoms with Crippen LogP contribution in [0.2, 0.25) is 0 Å². The Hall–Kier alpha value is -4.53. The van der Waals surface area contributed by atoms with Gasteiger partial charge in [-0.3, -0.25) is 19.5 Å². The number of amides is 2. The molecule has 0 aliphatic rings. The molecular formula is C27H28N4O5. The lowest BCUT2D eigenvalue weighted by atomic mass is 10.2. The van der Waals surface area contributed by atoms with Crippen LogP contribution in [-0.4, -0.2) is 47.0 Å². The fourth-order valence-electron chi connectivity index (χ4n) is 3.77. The number of imidazole rings is 1. The number of anilines is 1. The molecule has 36 heavy (non-hydrogen) atoms. The first kappa shape index (κ1) is 24.6. The lowest BCUT2D eigenvalue weighted by molar-refractivity contribution is -0.135. The van der Waals surface area contributed by atoms with E-state index in [1.165, 1.54) is 11.2 Å². The minimum Gasteiger partial charge on any atom is -0.493 e. The number of hydrogen-bond donors (Lipinski definition) is 1. The third-order valence-corrected chi connectivity index (χ3v) is 5.59. The van der Waals surface area contributed by atoms with Crippen LogP contribution in [0.3, 0.4) is 0 Å². The Morgan fingerprint density at radius 1 is 1.03 bits per heavy atom. The van der Waals surface area contributed by atoms with Gasteiger partial charge in [0.15, 0.2) is 11.5 Å². The number of rotatable bonds is 10. The molecule has 186 valence electrons. The Labute approximate surface area is 209 Å². The van der Waals surface area contributed by atoms with Crippen LogP contribution in [0.15, 0.2) is 77.5 Å². The highest BCUT2D eigenvalue weighted by Gasteiger charge is 2.20. The maximum Gasteiger partial charge on any atom is 0.246 e. The first-order valence-electron chi connectivity index (χ1n) is 11.5. The predicted molar refractivity (Wildman–Crippen MR) is 135 cm³/mol. The molecule has 4 aromatic rings. The summed E-state index contributed by atoms with van der Waals surface area (Å²) in [6, 6.07) is 18.6. The molecule has 0 saturated carbocycles. The molecule has 2 aromatic carbocycles. The molecule has 0 bridgehead atoms. The predicted octanol–water partition coefficient (Wildman–Crippen LogP) is 4.53. The normalized spacial score (nSPS) is 10.6. The lowest BCUT2D eigenvalue weighted by Crippen LogP contribution is -2.37. The van der Waals surface area contributed by atoms with Crippen molar-refractivity contribution in [1.82, 2.24) is 14.5 Å². The quantitative estimate of drug-likeness (QED) is 0.352. The van der Waals surface area contributed by atoms with E-state index in [-0.39, 0.29) is 31.3 Å². The number of nitrogens with zero attached hydrogens (tertiary/aromatic N) is 3. The highest BCUT2D eigenvalue weighted by molar-refractivity contribution is 5.93. The van der Waals surface area contributed by atoms with Crippen molar-refractivity contribution in [1.29, 1.82) is 0 Å². The van der Waals surface area contributed by atoms with Crippen molar-refractivity contribution in [3.63, 3.8) is 0 Å². The average molecular weight is 489 g/mol. The van der Waals surface area contributed by atoms with Gasteiger partial charge in [-0.2, -0.15) is 0 Å². The van der Waals surface area contributed by atoms with E-state index >= 15 is 0 Å². The van der Waals surface area contributed by atoms with Gasteiger partial charge in [-0.15, -0.1) is 0 Å². The molecule has 1 N–H and O–H groups in total. The van der Waals surface area contributed by atoms with Crippen molar-refractivity contribution in [2.45, 2.75) is 19.9 Å². The number of aromatic nitrogens is 2. The summed E-state index contributed by atoms with van der Waals surface area (Å²) >= 11 is 0. The molecule has 4 rings (SSSR count). The number of methoxy groups -OCH3 is 2. The topological polar surface area (TPSA) is 98.8 Å². The monoisotopic (exact) mass is 488 g/mol. The zero-order chi connectivity index (χ0) is 25.5. The molecule has 0 unspecified atom stereocenters. The Kier molecular flexibility index (Phi) is 7.69. The maximum absolute atomic E-state index is 13.1. The summed E-state index contributed by atoms with van der Waals surface area (Å²) in [6.07, 6.45) is 3.64. The van der Waals surface area contributed by atoms with E-state index in [0.29, 0.717) is 28.9 Å². The molecule has 0 atom stereocenters. The number of carbonyl (C=O) groups excluding carboxylic acids is 2. The van der Waals surface area contributed by atoms with Crippen LogP contribution in [-0.2, 0) is 16.1 Å². The van der Waals surface area contributed by atoms with Gasteiger partial charge in [-0.1, -0.05) is 37.3 Å². The molecular weight excluding hydrogens is 460 g/mol. The number of hydrogen-bond acceptors (Lipinski definition) is 6. The summed E-state index contributed by atoms with van der Waals surface area (Å²) in [5.74, 6) is 1.50. The van der Waals surface area contributed by atoms with E-state index < -0.39 is 0 Å². The molecule has 0 radical (unpaired) electrons. The van der Waals surface area contributed by atoms with Crippen molar-refractivity contribution >= 4 is 17.8 Å². The first-order valence-corrected chi connectivity index (χ1v) is 11.5. The molecule has 2 heterocycles. The number of benzene rings is 2. The fourth-order valence-corrected chi connectivity index (χ4v) is 3.77. The Bertz CT molecular complexity index is 1320. The summed E-state index contributed by atoms with van der Waals surface area (Å²) in [6.45, 7) is 1.81. The summed E-state index contributed by atoms with van der Waals surface area (Å²) in [5, 5.41) is 2.87. The lowest BCUT2D eigenvalue weighted by Gasteiger charge is -2.20. The number of nitrogens with one attached hydrogen (secondary N) is 1. The molecule has 0 saturated heterocycles. The van der Waals surface area contributed by atoms with Gasteiger partial charge in [0.2, 0.25) is 17.8 Å². The Balaban J connectivity index is 1.65. The number of carbonyl (C=O) groups is 2. The van der Waals surface area contributed by atoms with Gasteiger partial charge in [0.25, 0.3) is 0 Å². The van der Waals surface area contributed by atoms with Crippen LogP contribution >= 0.6 is 0 Å². The van der Waals surface area contributed by atoms with Crippen molar-refractivity contribution in [2.24, 2.45) is 0 Å². The summed E-state index contributed by atoms with van der Waals surface area (Å²) in [5.41, 5.74) is 2.29. The highest BCUT2D eigenvalue weighted by atomic mass is 16.5. The molecule has 0 aliphatic heterocycles. The number of ether oxygens (including phenoxy) is 2. The minimum absolute atomic E-state index is 0.146. The van der Waals surface area contributed by atoms with E-state index in [4.69, 9.17) is 13.9 Å². The zero-order valence-electron chi connectivity index (χ0n) is 20.4. The first-order chi connectivity index (χ1) is 17.5. The molecule has 0 aliphatic carbocycles. The summed E-state index contributed by atoms with van der Waals surface area (Å²) in [4.78, 5) is 31.7. The van der Waals surface area contributed by atoms with Crippen molar-refractivity contribution < 1.29 is 23.5 Å². The zero-order valence-corrected chi connectivity index (χ0v) is 20.4. The molecule has 9 heteroatoms. The summed E-state index contributed by atoms with van der Waals surface area (Å²) in [7, 11) is 3.13. The standard InChI is InChI=1S/C27H28N4O5/c1-4-26(33)30(16-21-11-8-14-36-21)18-25(32)29-27-28-22(19-9-6-5-7-10-19)17-31(27)20-12-13-23(34-2)24(15-20)35-3/h5-15,17H,4,16,18H2,1-3H3,(H,28,29,32). The Morgan fingerprint density at radius 2 is 1.81 bits per heavy atom. The van der Waals surface area contributed by atoms with Crippen LogP contribution in [0, 0.1) is 0 Å². The van der Waals surface area contributed by atoms with E-state index in [9.17, 15) is 9.59 Å². The van der Waals surface area contributed by atoms with Gasteiger partial charge in [0.1, 0.15) is 12.3 Å². The second kappa shape index (κ2) is 11.3. The SMILES string of the molecule is CCC(=O)N(CC(=O)Nc1nc(-c2ccccc2)cn1-c1ccc(OC)c(OC)c1)Cc1ccco1. The molecule has 0 spiro atoms. The van der Waals surface area contributed by atoms with Gasteiger partial charge >= 0.3 is 0 Å². The second-order valence-electron chi connectivity index (χ2n) is 7.96. The molecule has 2 amide bonds. The molecule has 2 aromatic heterocycles. The smallest absolute Gasteiger partial charge is 0.246 e. The second-order valence-corrected chi connectivity index (χ2v) is 7.96. The van der Waals surface area contributed by atoms with Crippen LogP contribution in [0.25, 0.3) is 16.9 Å². The molecule has 0 fully saturated rings. The van der Waals surface area contributed by atoms with E-state index in [2.05, 4.69) is 10.3 Å². The van der Waals surface area contributed by atoms with Gasteiger partial charge in [0.05, 0.1) is 38.4 Å². The maximum atomic E-state index is 13.1. The van der Waals surface area contributed by atoms with Crippen LogP contribution < -0.4 is 14.8 Å². The van der Waals surface area contributed by atoms with Gasteiger partial charge in [-0.25, -0.2) is 4.98 Å². The van der Waals surface area contributed by atoms with Crippen molar-refractivity contribution in [2.75, 3.05) is 26.1 Å². The van der Waals surface area contributed by atoms with Crippen LogP contribution in [0.5, 0.6) is 11.5 Å². The summed E-state index contributed by atoms with van der Waals surface area (Å²) < 4.78 is 17.9. The fraction of sp³-hybridized carbons (Fsp3) is 0.222. The third-order valence-electron chi connectivity index (χ3n) is 5.59.